The third kappa shape index (κ3) is 3.23. The number of ether oxygens (including phenoxy) is 4. The van der Waals surface area contributed by atoms with E-state index in [9.17, 15) is 0 Å². The zero-order chi connectivity index (χ0) is 16.8. The van der Waals surface area contributed by atoms with Crippen molar-refractivity contribution in [2.45, 2.75) is 89.5 Å². The van der Waals surface area contributed by atoms with Crippen LogP contribution in [0.15, 0.2) is 11.6 Å². The summed E-state index contributed by atoms with van der Waals surface area (Å²) in [5, 5.41) is 0. The van der Waals surface area contributed by atoms with E-state index in [-0.39, 0.29) is 41.5 Å². The summed E-state index contributed by atoms with van der Waals surface area (Å²) in [5.74, 6) is 0.244. The summed E-state index contributed by atoms with van der Waals surface area (Å²) >= 11 is 0. The van der Waals surface area contributed by atoms with E-state index in [1.807, 2.05) is 0 Å². The molecule has 1 aliphatic carbocycles. The molecule has 0 aromatic rings. The fraction of sp³-hybridized carbons (Fsp3) is 0.895. The number of epoxide rings is 2. The van der Waals surface area contributed by atoms with Crippen LogP contribution in [0.1, 0.15) is 53.9 Å². The van der Waals surface area contributed by atoms with Gasteiger partial charge in [0, 0.05) is 7.11 Å². The highest BCUT2D eigenvalue weighted by Crippen LogP contribution is 2.59. The molecule has 0 aromatic heterocycles. The summed E-state index contributed by atoms with van der Waals surface area (Å²) in [6.07, 6.45) is 5.92. The Morgan fingerprint density at radius 3 is 2.57 bits per heavy atom. The molecule has 0 amide bonds. The molecule has 3 fully saturated rings. The average molecular weight is 324 g/mol. The van der Waals surface area contributed by atoms with E-state index in [1.165, 1.54) is 5.57 Å². The van der Waals surface area contributed by atoms with Gasteiger partial charge in [0.25, 0.3) is 0 Å². The van der Waals surface area contributed by atoms with Crippen LogP contribution in [0, 0.1) is 5.92 Å². The predicted molar refractivity (Wildman–Crippen MR) is 89.5 cm³/mol. The third-order valence-electron chi connectivity index (χ3n) is 5.68. The quantitative estimate of drug-likeness (QED) is 0.554. The zero-order valence-electron chi connectivity index (χ0n) is 15.4. The number of allylic oxidation sites excluding steroid dienone is 1. The maximum Gasteiger partial charge on any atom is 0.101 e. The van der Waals surface area contributed by atoms with Gasteiger partial charge in [-0.3, -0.25) is 0 Å². The molecule has 2 aliphatic heterocycles. The van der Waals surface area contributed by atoms with Crippen molar-refractivity contribution in [3.05, 3.63) is 11.6 Å². The molecule has 4 heteroatoms. The van der Waals surface area contributed by atoms with E-state index in [1.54, 1.807) is 7.11 Å². The minimum atomic E-state index is -0.165. The molecule has 1 spiro atoms. The molecule has 3 aliphatic rings. The fourth-order valence-corrected chi connectivity index (χ4v) is 4.44. The number of rotatable bonds is 6. The van der Waals surface area contributed by atoms with Crippen LogP contribution in [0.3, 0.4) is 0 Å². The molecule has 0 radical (unpaired) electrons. The van der Waals surface area contributed by atoms with Crippen molar-refractivity contribution in [1.82, 2.24) is 0 Å². The maximum absolute atomic E-state index is 6.20. The van der Waals surface area contributed by atoms with Gasteiger partial charge in [-0.1, -0.05) is 11.6 Å². The highest BCUT2D eigenvalue weighted by atomic mass is 16.6. The molecule has 3 rings (SSSR count). The molecule has 0 bridgehead atoms. The highest BCUT2D eigenvalue weighted by Gasteiger charge is 2.71. The molecule has 132 valence electrons. The molecule has 3 unspecified atom stereocenters. The van der Waals surface area contributed by atoms with Gasteiger partial charge < -0.3 is 18.9 Å². The lowest BCUT2D eigenvalue weighted by atomic mass is 9.68. The van der Waals surface area contributed by atoms with E-state index < -0.39 is 0 Å². The Bertz CT molecular complexity index is 464. The first-order chi connectivity index (χ1) is 10.8. The van der Waals surface area contributed by atoms with Crippen molar-refractivity contribution >= 4 is 0 Å². The lowest BCUT2D eigenvalue weighted by Gasteiger charge is -2.43. The molecule has 2 saturated heterocycles. The molecule has 2 heterocycles. The molecular weight excluding hydrogens is 292 g/mol. The van der Waals surface area contributed by atoms with Crippen molar-refractivity contribution in [2.75, 3.05) is 13.7 Å². The van der Waals surface area contributed by atoms with Gasteiger partial charge in [-0.15, -0.1) is 0 Å². The van der Waals surface area contributed by atoms with Crippen LogP contribution < -0.4 is 0 Å². The van der Waals surface area contributed by atoms with Crippen LogP contribution in [0.4, 0.5) is 0 Å². The second-order valence-electron chi connectivity index (χ2n) is 8.10. The van der Waals surface area contributed by atoms with Crippen LogP contribution in [0.2, 0.25) is 0 Å². The zero-order valence-corrected chi connectivity index (χ0v) is 15.4. The van der Waals surface area contributed by atoms with E-state index in [4.69, 9.17) is 18.9 Å². The molecule has 6 atom stereocenters. The van der Waals surface area contributed by atoms with Gasteiger partial charge in [-0.25, -0.2) is 0 Å². The van der Waals surface area contributed by atoms with Gasteiger partial charge >= 0.3 is 0 Å². The summed E-state index contributed by atoms with van der Waals surface area (Å²) in [7, 11) is 1.80. The second-order valence-corrected chi connectivity index (χ2v) is 8.10. The van der Waals surface area contributed by atoms with Gasteiger partial charge in [0.15, 0.2) is 0 Å². The van der Waals surface area contributed by atoms with E-state index >= 15 is 0 Å². The minimum absolute atomic E-state index is 0.0374. The Morgan fingerprint density at radius 2 is 2.04 bits per heavy atom. The van der Waals surface area contributed by atoms with Gasteiger partial charge in [0.2, 0.25) is 0 Å². The van der Waals surface area contributed by atoms with Crippen LogP contribution in [0.5, 0.6) is 0 Å². The first-order valence-corrected chi connectivity index (χ1v) is 8.96. The topological polar surface area (TPSA) is 43.5 Å². The van der Waals surface area contributed by atoms with Crippen LogP contribution >= 0.6 is 0 Å². The lowest BCUT2D eigenvalue weighted by Crippen LogP contribution is -2.55. The van der Waals surface area contributed by atoms with Gasteiger partial charge in [-0.05, 0) is 53.9 Å². The van der Waals surface area contributed by atoms with Crippen molar-refractivity contribution in [3.63, 3.8) is 0 Å². The monoisotopic (exact) mass is 324 g/mol. The third-order valence-corrected chi connectivity index (χ3v) is 5.68. The first kappa shape index (κ1) is 17.4. The summed E-state index contributed by atoms with van der Waals surface area (Å²) in [6.45, 7) is 11.5. The second kappa shape index (κ2) is 6.14. The fourth-order valence-electron chi connectivity index (χ4n) is 4.44. The van der Waals surface area contributed by atoms with Crippen molar-refractivity contribution in [1.29, 1.82) is 0 Å². The average Bonchev–Trinajstić information content (AvgIpc) is 3.37. The SMILES string of the molecule is COC1C(OC(C)C)CC[C@]2(CO2)C1[C@@]1(C)O[C@@H]1CC=C(C)C. The molecule has 1 saturated carbocycles. The maximum atomic E-state index is 6.20. The van der Waals surface area contributed by atoms with E-state index in [0.717, 1.165) is 25.9 Å². The van der Waals surface area contributed by atoms with Crippen LogP contribution in [-0.4, -0.2) is 49.3 Å². The lowest BCUT2D eigenvalue weighted by molar-refractivity contribution is -0.151. The van der Waals surface area contributed by atoms with Crippen LogP contribution in [0.25, 0.3) is 0 Å². The molecule has 0 aromatic carbocycles. The molecule has 0 N–H and O–H groups in total. The standard InChI is InChI=1S/C19H32O4/c1-12(2)7-8-15-18(5,23-15)17-16(20-6)14(22-13(3)4)9-10-19(17)11-21-19/h7,13-17H,8-11H2,1-6H3/t14?,15-,16?,17?,18+,19+/m1/s1. The number of hydrogen-bond acceptors (Lipinski definition) is 4. The van der Waals surface area contributed by atoms with Crippen molar-refractivity contribution in [3.8, 4) is 0 Å². The molecule has 23 heavy (non-hydrogen) atoms. The summed E-state index contributed by atoms with van der Waals surface area (Å²) in [6, 6.07) is 0. The first-order valence-electron chi connectivity index (χ1n) is 8.96. The van der Waals surface area contributed by atoms with Gasteiger partial charge in [0.1, 0.15) is 5.60 Å². The summed E-state index contributed by atoms with van der Waals surface area (Å²) < 4.78 is 24.2. The van der Waals surface area contributed by atoms with Crippen LogP contribution in [-0.2, 0) is 18.9 Å². The van der Waals surface area contributed by atoms with E-state index in [0.29, 0.717) is 0 Å². The predicted octanol–water partition coefficient (Wildman–Crippen LogP) is 3.49. The molecular formula is C19H32O4. The highest BCUT2D eigenvalue weighted by molar-refractivity contribution is 5.20. The van der Waals surface area contributed by atoms with Gasteiger partial charge in [0.05, 0.1) is 42.5 Å². The number of hydrogen-bond donors (Lipinski definition) is 0. The van der Waals surface area contributed by atoms with Crippen molar-refractivity contribution < 1.29 is 18.9 Å². The van der Waals surface area contributed by atoms with E-state index in [2.05, 4.69) is 40.7 Å². The number of methoxy groups -OCH3 is 1. The van der Waals surface area contributed by atoms with Crippen molar-refractivity contribution in [2.24, 2.45) is 5.92 Å². The van der Waals surface area contributed by atoms with Gasteiger partial charge in [-0.2, -0.15) is 0 Å². The summed E-state index contributed by atoms with van der Waals surface area (Å²) in [4.78, 5) is 0. The Balaban J connectivity index is 1.78. The Kier molecular flexibility index (Phi) is 4.65. The molecule has 4 nitrogen and oxygen atoms in total. The Labute approximate surface area is 140 Å². The largest absolute Gasteiger partial charge is 0.378 e. The normalized spacial score (nSPS) is 45.3. The smallest absolute Gasteiger partial charge is 0.101 e. The Hall–Kier alpha value is -0.420. The minimum Gasteiger partial charge on any atom is -0.378 e. The Morgan fingerprint density at radius 1 is 1.35 bits per heavy atom. The summed E-state index contributed by atoms with van der Waals surface area (Å²) in [5.41, 5.74) is 1.13.